The van der Waals surface area contributed by atoms with E-state index in [1.165, 1.54) is 9.75 Å². The van der Waals surface area contributed by atoms with Crippen LogP contribution >= 0.6 is 11.3 Å². The van der Waals surface area contributed by atoms with Crippen LogP contribution in [0.2, 0.25) is 0 Å². The number of hydrogen-bond donors (Lipinski definition) is 2. The van der Waals surface area contributed by atoms with Crippen LogP contribution in [0.15, 0.2) is 36.4 Å². The van der Waals surface area contributed by atoms with Crippen molar-refractivity contribution >= 4 is 23.2 Å². The van der Waals surface area contributed by atoms with E-state index >= 15 is 0 Å². The number of nitrogens with two attached hydrogens (primary N) is 1. The van der Waals surface area contributed by atoms with Crippen molar-refractivity contribution in [2.75, 3.05) is 59.0 Å². The van der Waals surface area contributed by atoms with Gasteiger partial charge in [0.1, 0.15) is 6.04 Å². The highest BCUT2D eigenvalue weighted by atomic mass is 32.1. The van der Waals surface area contributed by atoms with Gasteiger partial charge in [0, 0.05) is 73.7 Å². The van der Waals surface area contributed by atoms with Gasteiger partial charge in [-0.15, -0.1) is 11.3 Å². The predicted molar refractivity (Wildman–Crippen MR) is 148 cm³/mol. The summed E-state index contributed by atoms with van der Waals surface area (Å²) in [6.45, 7) is 11.7. The minimum atomic E-state index is -0.518. The first-order chi connectivity index (χ1) is 17.9. The van der Waals surface area contributed by atoms with Gasteiger partial charge in [0.15, 0.2) is 0 Å². The molecule has 0 saturated carbocycles. The molecule has 2 aliphatic heterocycles. The fourth-order valence-corrected chi connectivity index (χ4v) is 6.12. The number of aryl methyl sites for hydroxylation is 2. The lowest BCUT2D eigenvalue weighted by Crippen LogP contribution is -2.58. The Labute approximate surface area is 224 Å². The van der Waals surface area contributed by atoms with Gasteiger partial charge >= 0.3 is 0 Å². The highest BCUT2D eigenvalue weighted by Crippen LogP contribution is 2.27. The molecule has 1 aromatic heterocycles. The van der Waals surface area contributed by atoms with Crippen LogP contribution in [0.1, 0.15) is 38.5 Å². The number of benzene rings is 1. The summed E-state index contributed by atoms with van der Waals surface area (Å²) in [6.07, 6.45) is 1.45. The third-order valence-corrected chi connectivity index (χ3v) is 8.34. The molecule has 1 aromatic carbocycles. The number of carbonyl (C=O) groups excluding carboxylic acids is 2. The van der Waals surface area contributed by atoms with Gasteiger partial charge in [-0.25, -0.2) is 0 Å². The molecule has 37 heavy (non-hydrogen) atoms. The lowest BCUT2D eigenvalue weighted by molar-refractivity contribution is -0.127. The van der Waals surface area contributed by atoms with Crippen LogP contribution in [-0.2, 0) is 16.1 Å². The zero-order valence-electron chi connectivity index (χ0n) is 22.2. The van der Waals surface area contributed by atoms with Crippen molar-refractivity contribution in [1.82, 2.24) is 20.0 Å². The molecule has 2 aliphatic rings. The van der Waals surface area contributed by atoms with Gasteiger partial charge in [-0.1, -0.05) is 17.7 Å². The number of carbonyl (C=O) groups is 2. The second-order valence-corrected chi connectivity index (χ2v) is 11.4. The predicted octanol–water partition coefficient (Wildman–Crippen LogP) is 2.25. The molecule has 2 atom stereocenters. The molecule has 2 amide bonds. The minimum absolute atomic E-state index is 0.0832. The van der Waals surface area contributed by atoms with Crippen molar-refractivity contribution in [1.29, 1.82) is 0 Å². The standard InChI is InChI=1S/C28H41N5O3S/c1-21-3-6-23(7-4-21)28(35)33-12-9-24(19-26(33)27(34)30-11-10-29)32(20-25-8-5-22(2)37-25)14-13-31-15-17-36-18-16-31/h3-8,24,26H,9-20,29H2,1-2H3,(H,30,34)/t24?,26-/m1/s1. The number of thiophene rings is 1. The maximum atomic E-state index is 13.5. The van der Waals surface area contributed by atoms with Crippen LogP contribution in [0.3, 0.4) is 0 Å². The number of morpholine rings is 1. The Bertz CT molecular complexity index is 1020. The lowest BCUT2D eigenvalue weighted by atomic mass is 9.93. The summed E-state index contributed by atoms with van der Waals surface area (Å²) in [5, 5.41) is 2.95. The fourth-order valence-electron chi connectivity index (χ4n) is 5.20. The molecule has 9 heteroatoms. The normalized spacial score (nSPS) is 20.8. The second-order valence-electron chi connectivity index (χ2n) is 10.1. The summed E-state index contributed by atoms with van der Waals surface area (Å²) >= 11 is 1.83. The molecule has 8 nitrogen and oxygen atoms in total. The van der Waals surface area contributed by atoms with Crippen LogP contribution in [0.25, 0.3) is 0 Å². The van der Waals surface area contributed by atoms with E-state index in [1.54, 1.807) is 4.90 Å². The Hall–Kier alpha value is -2.30. The van der Waals surface area contributed by atoms with Crippen molar-refractivity contribution in [2.24, 2.45) is 5.73 Å². The molecule has 202 valence electrons. The van der Waals surface area contributed by atoms with E-state index < -0.39 is 6.04 Å². The zero-order valence-corrected chi connectivity index (χ0v) is 23.0. The molecule has 3 N–H and O–H groups in total. The van der Waals surface area contributed by atoms with Gasteiger partial charge in [0.25, 0.3) is 5.91 Å². The molecule has 0 spiro atoms. The first-order valence-electron chi connectivity index (χ1n) is 13.4. The molecule has 2 saturated heterocycles. The van der Waals surface area contributed by atoms with E-state index in [1.807, 2.05) is 42.5 Å². The van der Waals surface area contributed by atoms with Gasteiger partial charge in [-0.2, -0.15) is 0 Å². The summed E-state index contributed by atoms with van der Waals surface area (Å²) in [6, 6.07) is 11.7. The van der Waals surface area contributed by atoms with E-state index in [0.717, 1.165) is 57.9 Å². The lowest BCUT2D eigenvalue weighted by Gasteiger charge is -2.43. The number of likely N-dealkylation sites (tertiary alicyclic amines) is 1. The molecule has 0 bridgehead atoms. The van der Waals surface area contributed by atoms with E-state index in [-0.39, 0.29) is 17.9 Å². The average molecular weight is 528 g/mol. The SMILES string of the molecule is Cc1ccc(C(=O)N2CCC(N(CCN3CCOCC3)Cc3ccc(C)s3)C[C@@H]2C(=O)NCCN)cc1. The molecule has 2 aromatic rings. The largest absolute Gasteiger partial charge is 0.379 e. The molecule has 3 heterocycles. The van der Waals surface area contributed by atoms with Crippen LogP contribution < -0.4 is 11.1 Å². The third-order valence-electron chi connectivity index (χ3n) is 7.36. The summed E-state index contributed by atoms with van der Waals surface area (Å²) in [5.74, 6) is -0.198. The number of rotatable bonds is 10. The molecule has 4 rings (SSSR count). The summed E-state index contributed by atoms with van der Waals surface area (Å²) in [5.41, 5.74) is 7.39. The summed E-state index contributed by atoms with van der Waals surface area (Å²) in [7, 11) is 0. The maximum Gasteiger partial charge on any atom is 0.254 e. The highest BCUT2D eigenvalue weighted by molar-refractivity contribution is 7.11. The number of hydrogen-bond acceptors (Lipinski definition) is 7. The number of nitrogens with zero attached hydrogens (tertiary/aromatic N) is 3. The van der Waals surface area contributed by atoms with Gasteiger partial charge in [0.05, 0.1) is 13.2 Å². The Kier molecular flexibility index (Phi) is 10.1. The van der Waals surface area contributed by atoms with Crippen molar-refractivity contribution in [3.05, 3.63) is 57.3 Å². The van der Waals surface area contributed by atoms with Crippen LogP contribution in [-0.4, -0.2) is 97.6 Å². The van der Waals surface area contributed by atoms with Gasteiger partial charge < -0.3 is 20.7 Å². The van der Waals surface area contributed by atoms with Crippen molar-refractivity contribution < 1.29 is 14.3 Å². The van der Waals surface area contributed by atoms with E-state index in [2.05, 4.69) is 34.2 Å². The molecular formula is C28H41N5O3S. The van der Waals surface area contributed by atoms with Gasteiger partial charge in [0.2, 0.25) is 5.91 Å². The zero-order chi connectivity index (χ0) is 26.2. The molecule has 1 unspecified atom stereocenters. The monoisotopic (exact) mass is 527 g/mol. The number of ether oxygens (including phenoxy) is 1. The highest BCUT2D eigenvalue weighted by Gasteiger charge is 2.38. The fraction of sp³-hybridized carbons (Fsp3) is 0.571. The second kappa shape index (κ2) is 13.5. The van der Waals surface area contributed by atoms with E-state index in [0.29, 0.717) is 31.6 Å². The van der Waals surface area contributed by atoms with Crippen LogP contribution in [0.4, 0.5) is 0 Å². The summed E-state index contributed by atoms with van der Waals surface area (Å²) in [4.78, 5) is 36.2. The molecule has 2 fully saturated rings. The third kappa shape index (κ3) is 7.61. The topological polar surface area (TPSA) is 91.1 Å². The molecule has 0 aliphatic carbocycles. The number of amides is 2. The van der Waals surface area contributed by atoms with Crippen molar-refractivity contribution in [2.45, 2.75) is 45.3 Å². The first kappa shape index (κ1) is 27.7. The first-order valence-corrected chi connectivity index (χ1v) is 14.2. The van der Waals surface area contributed by atoms with E-state index in [9.17, 15) is 9.59 Å². The van der Waals surface area contributed by atoms with Crippen LogP contribution in [0, 0.1) is 13.8 Å². The van der Waals surface area contributed by atoms with E-state index in [4.69, 9.17) is 10.5 Å². The molecule has 0 radical (unpaired) electrons. The quantitative estimate of drug-likeness (QED) is 0.493. The van der Waals surface area contributed by atoms with Gasteiger partial charge in [-0.05, 0) is 51.0 Å². The Balaban J connectivity index is 1.51. The smallest absolute Gasteiger partial charge is 0.254 e. The maximum absolute atomic E-state index is 13.5. The minimum Gasteiger partial charge on any atom is -0.379 e. The van der Waals surface area contributed by atoms with Crippen molar-refractivity contribution in [3.8, 4) is 0 Å². The van der Waals surface area contributed by atoms with Crippen LogP contribution in [0.5, 0.6) is 0 Å². The van der Waals surface area contributed by atoms with Gasteiger partial charge in [-0.3, -0.25) is 19.4 Å². The number of piperidine rings is 1. The number of nitrogens with one attached hydrogen (secondary N) is 1. The Morgan fingerprint density at radius 1 is 1.11 bits per heavy atom. The van der Waals surface area contributed by atoms with Crippen molar-refractivity contribution in [3.63, 3.8) is 0 Å². The average Bonchev–Trinajstić information content (AvgIpc) is 3.34. The molecular weight excluding hydrogens is 486 g/mol. The Morgan fingerprint density at radius 2 is 1.86 bits per heavy atom. The summed E-state index contributed by atoms with van der Waals surface area (Å²) < 4.78 is 5.53. The Morgan fingerprint density at radius 3 is 2.54 bits per heavy atom.